The maximum atomic E-state index is 15.5. The van der Waals surface area contributed by atoms with Gasteiger partial charge in [0.1, 0.15) is 10.6 Å². The van der Waals surface area contributed by atoms with Gasteiger partial charge in [0.2, 0.25) is 9.84 Å². The summed E-state index contributed by atoms with van der Waals surface area (Å²) in [5.41, 5.74) is -1.93. The Morgan fingerprint density at radius 3 is 1.36 bits per heavy atom. The maximum Gasteiger partial charge on any atom is 0.297 e. The van der Waals surface area contributed by atoms with Crippen LogP contribution in [-0.2, 0) is 40.0 Å². The van der Waals surface area contributed by atoms with Gasteiger partial charge >= 0.3 is 0 Å². The number of halogens is 8. The van der Waals surface area contributed by atoms with Crippen LogP contribution in [0.5, 0.6) is 0 Å². The minimum Gasteiger partial charge on any atom is -0.285 e. The van der Waals surface area contributed by atoms with Crippen LogP contribution >= 0.6 is 35.3 Å². The second-order valence-corrected chi connectivity index (χ2v) is 22.7. The van der Waals surface area contributed by atoms with Crippen LogP contribution in [0.15, 0.2) is 99.8 Å². The summed E-state index contributed by atoms with van der Waals surface area (Å²) in [5, 5.41) is 0. The average Bonchev–Trinajstić information content (AvgIpc) is 3.25. The molecule has 350 valence electrons. The van der Waals surface area contributed by atoms with Crippen LogP contribution in [0.1, 0.15) is 33.4 Å². The number of hydrogen-bond donors (Lipinski definition) is 1. The molecule has 0 amide bonds. The zero-order chi connectivity index (χ0) is 49.1. The quantitative estimate of drug-likeness (QED) is 0.0390. The normalized spacial score (nSPS) is 12.3. The molecule has 1 N–H and O–H groups in total. The molecule has 6 aromatic rings. The Kier molecular flexibility index (Phi) is 14.6. The van der Waals surface area contributed by atoms with Crippen molar-refractivity contribution >= 4 is 65.4 Å². The molecule has 8 nitrogen and oxygen atoms in total. The lowest BCUT2D eigenvalue weighted by atomic mass is 9.97. The third-order valence-electron chi connectivity index (χ3n) is 10.2. The summed E-state index contributed by atoms with van der Waals surface area (Å²) in [6.45, 7) is 7.22. The number of aryl methyl sites for hydroxylation is 4. The molecule has 0 radical (unpaired) electrons. The first-order valence-corrected chi connectivity index (χ1v) is 26.1. The molecule has 0 aliphatic rings. The third kappa shape index (κ3) is 9.65. The molecule has 6 rings (SSSR count). The van der Waals surface area contributed by atoms with Crippen molar-refractivity contribution in [3.05, 3.63) is 141 Å². The molecule has 0 aromatic heterocycles. The Hall–Kier alpha value is -4.42. The Bertz CT molecular complexity index is 3260. The molecular weight excluding hydrogens is 1000 g/mol. The van der Waals surface area contributed by atoms with Crippen molar-refractivity contribution < 1.29 is 69.1 Å². The molecule has 0 spiro atoms. The van der Waals surface area contributed by atoms with Crippen molar-refractivity contribution in [2.24, 2.45) is 0 Å². The Labute approximate surface area is 388 Å². The van der Waals surface area contributed by atoms with Crippen molar-refractivity contribution in [2.75, 3.05) is 13.4 Å². The molecule has 0 saturated carbocycles. The van der Waals surface area contributed by atoms with Crippen LogP contribution in [0.2, 0.25) is 0 Å². The van der Waals surface area contributed by atoms with Crippen molar-refractivity contribution in [3.63, 3.8) is 0 Å². The first kappa shape index (κ1) is 51.0. The summed E-state index contributed by atoms with van der Waals surface area (Å²) in [6, 6.07) is 13.8. The van der Waals surface area contributed by atoms with E-state index in [0.29, 0.717) is 45.2 Å². The maximum absolute atomic E-state index is 15.5. The molecular formula is C44H34F8O8S6. The van der Waals surface area contributed by atoms with E-state index >= 15 is 17.6 Å². The Morgan fingerprint density at radius 1 is 0.530 bits per heavy atom. The standard InChI is InChI=1S/C44H34F8O8S6/c1-19-12-24(25-14-21(3)43(22(4)15-25)63-44-40(51)38(49)33(39(50)41(44)52)32-36(47)34(45)23(5)35(46)37(32)48)13-20(2)42(19)62-29-10-8-27(16-26(29)18-64(53,54)55)65(56,57)28-9-11-30(61-7)31(17-28)66(58,59)60-6/h8-17H,18H2,1-7H3,(H,53,54,55). The fourth-order valence-electron chi connectivity index (χ4n) is 7.03. The van der Waals surface area contributed by atoms with Gasteiger partial charge in [0, 0.05) is 25.1 Å². The topological polar surface area (TPSA) is 132 Å². The molecule has 0 atom stereocenters. The lowest BCUT2D eigenvalue weighted by molar-refractivity contribution is 0.396. The largest absolute Gasteiger partial charge is 0.297 e. The zero-order valence-corrected chi connectivity index (χ0v) is 40.2. The van der Waals surface area contributed by atoms with E-state index in [4.69, 9.17) is 0 Å². The van der Waals surface area contributed by atoms with Crippen molar-refractivity contribution in [1.29, 1.82) is 0 Å². The molecule has 0 unspecified atom stereocenters. The minimum atomic E-state index is -4.72. The van der Waals surface area contributed by atoms with E-state index in [1.807, 2.05) is 0 Å². The van der Waals surface area contributed by atoms with Crippen LogP contribution in [0.3, 0.4) is 0 Å². The van der Waals surface area contributed by atoms with E-state index in [1.165, 1.54) is 24.3 Å². The molecule has 0 bridgehead atoms. The minimum absolute atomic E-state index is 0.0872. The SMILES string of the molecule is COS(=O)(=O)c1cc(S(=O)(=O)c2ccc(Sc3c(C)cc(-c4cc(C)c(Sc5c(F)c(F)c(-c6c(F)c(F)c(C)c(F)c6F)c(F)c5F)c(C)c4)cc3C)c(CS(=O)(=O)O)c2)ccc1SC. The third-order valence-corrected chi connectivity index (χ3v) is 17.8. The predicted octanol–water partition coefficient (Wildman–Crippen LogP) is 12.3. The van der Waals surface area contributed by atoms with Gasteiger partial charge in [-0.05, 0) is 116 Å². The highest BCUT2D eigenvalue weighted by molar-refractivity contribution is 8.00. The summed E-state index contributed by atoms with van der Waals surface area (Å²) in [6.07, 6.45) is 1.59. The van der Waals surface area contributed by atoms with Crippen LogP contribution < -0.4 is 0 Å². The summed E-state index contributed by atoms with van der Waals surface area (Å²) in [7, 11) is -12.6. The number of hydrogen-bond acceptors (Lipinski definition) is 10. The summed E-state index contributed by atoms with van der Waals surface area (Å²) < 4.78 is 211. The molecule has 0 heterocycles. The van der Waals surface area contributed by atoms with E-state index in [0.717, 1.165) is 42.8 Å². The van der Waals surface area contributed by atoms with Gasteiger partial charge in [-0.3, -0.25) is 8.74 Å². The Balaban J connectivity index is 1.34. The van der Waals surface area contributed by atoms with Gasteiger partial charge in [-0.15, -0.1) is 11.8 Å². The van der Waals surface area contributed by atoms with Gasteiger partial charge < -0.3 is 0 Å². The van der Waals surface area contributed by atoms with E-state index in [1.54, 1.807) is 58.2 Å². The zero-order valence-electron chi connectivity index (χ0n) is 35.3. The predicted molar refractivity (Wildman–Crippen MR) is 235 cm³/mol. The van der Waals surface area contributed by atoms with E-state index < -0.39 is 119 Å². The highest BCUT2D eigenvalue weighted by Crippen LogP contribution is 2.45. The molecule has 0 aliphatic heterocycles. The number of benzene rings is 6. The van der Waals surface area contributed by atoms with Gasteiger partial charge in [0.25, 0.3) is 20.2 Å². The van der Waals surface area contributed by atoms with Gasteiger partial charge in [0.15, 0.2) is 46.5 Å². The molecule has 22 heteroatoms. The highest BCUT2D eigenvalue weighted by Gasteiger charge is 2.34. The summed E-state index contributed by atoms with van der Waals surface area (Å²) >= 11 is 2.39. The van der Waals surface area contributed by atoms with Crippen LogP contribution in [0, 0.1) is 81.2 Å². The van der Waals surface area contributed by atoms with Crippen LogP contribution in [0.25, 0.3) is 22.3 Å². The first-order chi connectivity index (χ1) is 30.6. The average molecular weight is 1040 g/mol. The lowest BCUT2D eigenvalue weighted by Gasteiger charge is -2.18. The van der Waals surface area contributed by atoms with E-state index in [-0.39, 0.29) is 32.0 Å². The summed E-state index contributed by atoms with van der Waals surface area (Å²) in [4.78, 5) is -1.20. The summed E-state index contributed by atoms with van der Waals surface area (Å²) in [5.74, 6) is -18.2. The highest BCUT2D eigenvalue weighted by atomic mass is 32.2. The van der Waals surface area contributed by atoms with Gasteiger partial charge in [-0.1, -0.05) is 47.8 Å². The number of rotatable bonds is 13. The van der Waals surface area contributed by atoms with Crippen molar-refractivity contribution in [1.82, 2.24) is 0 Å². The fraction of sp³-hybridized carbons (Fsp3) is 0.182. The molecule has 0 aliphatic carbocycles. The van der Waals surface area contributed by atoms with Crippen molar-refractivity contribution in [3.8, 4) is 22.3 Å². The molecule has 66 heavy (non-hydrogen) atoms. The van der Waals surface area contributed by atoms with Gasteiger partial charge in [-0.2, -0.15) is 16.8 Å². The second-order valence-electron chi connectivity index (χ2n) is 14.7. The van der Waals surface area contributed by atoms with Gasteiger partial charge in [-0.25, -0.2) is 43.5 Å². The number of sulfone groups is 1. The van der Waals surface area contributed by atoms with Gasteiger partial charge in [0.05, 0.1) is 32.9 Å². The molecule has 0 fully saturated rings. The van der Waals surface area contributed by atoms with Crippen LogP contribution in [0.4, 0.5) is 35.1 Å². The molecule has 0 saturated heterocycles. The monoisotopic (exact) mass is 1030 g/mol. The van der Waals surface area contributed by atoms with Crippen LogP contribution in [-0.4, -0.2) is 43.2 Å². The smallest absolute Gasteiger partial charge is 0.285 e. The van der Waals surface area contributed by atoms with E-state index in [2.05, 4.69) is 4.18 Å². The van der Waals surface area contributed by atoms with Crippen molar-refractivity contribution in [2.45, 2.75) is 79.5 Å². The lowest BCUT2D eigenvalue weighted by Crippen LogP contribution is -2.09. The fourth-order valence-corrected chi connectivity index (χ4v) is 13.0. The first-order valence-electron chi connectivity index (χ1n) is 18.7. The molecule has 6 aromatic carbocycles. The Morgan fingerprint density at radius 2 is 0.939 bits per heavy atom. The second kappa shape index (κ2) is 18.9. The van der Waals surface area contributed by atoms with E-state index in [9.17, 15) is 47.4 Å². The number of thioether (sulfide) groups is 1.